The van der Waals surface area contributed by atoms with Gasteiger partial charge in [-0.25, -0.2) is 9.97 Å². The molecule has 4 heterocycles. The summed E-state index contributed by atoms with van der Waals surface area (Å²) in [5, 5.41) is 22.8. The quantitative estimate of drug-likeness (QED) is 0.495. The summed E-state index contributed by atoms with van der Waals surface area (Å²) in [7, 11) is 0. The standard InChI is InChI=1S/C22H21N9O/c1-2-4-13-12(3-1)5-6-16(13)25-21-23-8-7-17(26-21)20-28-29-22(32-20)31-10-14-15(11-31)19(14)18-9-24-30-27-18/h1-4,7-9,14-16,19H,5-6,10-11H2,(H,23,25,26)(H,24,27,30)/t14?,15?,16-,19?/m1/s1. The Bertz CT molecular complexity index is 1260. The Hall–Kier alpha value is -3.82. The van der Waals surface area contributed by atoms with Crippen molar-refractivity contribution in [1.82, 2.24) is 35.6 Å². The monoisotopic (exact) mass is 427 g/mol. The van der Waals surface area contributed by atoms with E-state index in [1.807, 2.05) is 6.20 Å². The number of hydrogen-bond acceptors (Lipinski definition) is 9. The highest BCUT2D eigenvalue weighted by molar-refractivity contribution is 5.51. The topological polar surface area (TPSA) is 122 Å². The molecule has 1 saturated carbocycles. The molecular weight excluding hydrogens is 406 g/mol. The third kappa shape index (κ3) is 2.86. The van der Waals surface area contributed by atoms with Gasteiger partial charge in [-0.2, -0.15) is 15.4 Å². The van der Waals surface area contributed by atoms with Crippen molar-refractivity contribution in [3.05, 3.63) is 59.5 Å². The Morgan fingerprint density at radius 1 is 1.09 bits per heavy atom. The molecule has 7 rings (SSSR count). The van der Waals surface area contributed by atoms with E-state index in [1.54, 1.807) is 12.3 Å². The zero-order valence-corrected chi connectivity index (χ0v) is 17.2. The van der Waals surface area contributed by atoms with Crippen LogP contribution in [-0.2, 0) is 6.42 Å². The van der Waals surface area contributed by atoms with Crippen molar-refractivity contribution in [2.75, 3.05) is 23.3 Å². The van der Waals surface area contributed by atoms with Crippen molar-refractivity contribution < 1.29 is 4.42 Å². The van der Waals surface area contributed by atoms with Gasteiger partial charge >= 0.3 is 6.01 Å². The number of hydrogen-bond donors (Lipinski definition) is 2. The van der Waals surface area contributed by atoms with Crippen LogP contribution in [0, 0.1) is 11.8 Å². The number of nitrogens with zero attached hydrogens (tertiary/aromatic N) is 7. The zero-order chi connectivity index (χ0) is 21.1. The molecule has 1 aromatic carbocycles. The maximum Gasteiger partial charge on any atom is 0.318 e. The molecule has 32 heavy (non-hydrogen) atoms. The van der Waals surface area contributed by atoms with Crippen molar-refractivity contribution in [1.29, 1.82) is 0 Å². The van der Waals surface area contributed by atoms with Gasteiger partial charge in [-0.05, 0) is 41.9 Å². The average molecular weight is 427 g/mol. The predicted octanol–water partition coefficient (Wildman–Crippen LogP) is 2.59. The van der Waals surface area contributed by atoms with Crippen LogP contribution in [0.5, 0.6) is 0 Å². The number of anilines is 2. The molecule has 10 heteroatoms. The minimum atomic E-state index is 0.216. The molecule has 2 fully saturated rings. The first-order valence-corrected chi connectivity index (χ1v) is 11.0. The Labute approximate surface area is 183 Å². The Morgan fingerprint density at radius 3 is 2.88 bits per heavy atom. The first kappa shape index (κ1) is 17.8. The Kier molecular flexibility index (Phi) is 3.81. The number of H-pyrrole nitrogens is 1. The molecule has 3 aromatic heterocycles. The predicted molar refractivity (Wildman–Crippen MR) is 115 cm³/mol. The summed E-state index contributed by atoms with van der Waals surface area (Å²) < 4.78 is 5.98. The first-order valence-electron chi connectivity index (χ1n) is 11.0. The molecule has 3 atom stereocenters. The van der Waals surface area contributed by atoms with Gasteiger partial charge in [-0.15, -0.1) is 5.10 Å². The van der Waals surface area contributed by atoms with Gasteiger partial charge in [0.05, 0.1) is 17.9 Å². The fraction of sp³-hybridized carbons (Fsp3) is 0.364. The van der Waals surface area contributed by atoms with Crippen LogP contribution in [0.2, 0.25) is 0 Å². The normalized spacial score (nSPS) is 25.6. The summed E-state index contributed by atoms with van der Waals surface area (Å²) in [5.41, 5.74) is 4.38. The van der Waals surface area contributed by atoms with Gasteiger partial charge < -0.3 is 14.6 Å². The lowest BCUT2D eigenvalue weighted by Crippen LogP contribution is -2.23. The fourth-order valence-electron chi connectivity index (χ4n) is 5.35. The number of aromatic amines is 1. The van der Waals surface area contributed by atoms with Gasteiger partial charge in [0.25, 0.3) is 5.89 Å². The highest BCUT2D eigenvalue weighted by atomic mass is 16.4. The van der Waals surface area contributed by atoms with Crippen LogP contribution in [0.4, 0.5) is 12.0 Å². The lowest BCUT2D eigenvalue weighted by molar-refractivity contribution is 0.542. The van der Waals surface area contributed by atoms with Crippen LogP contribution in [-0.4, -0.2) is 48.7 Å². The largest absolute Gasteiger partial charge is 0.402 e. The molecular formula is C22H21N9O. The van der Waals surface area contributed by atoms with E-state index in [-0.39, 0.29) is 6.04 Å². The highest BCUT2D eigenvalue weighted by Gasteiger charge is 2.58. The number of rotatable bonds is 5. The molecule has 2 aliphatic carbocycles. The summed E-state index contributed by atoms with van der Waals surface area (Å²) in [6.07, 6.45) is 5.64. The summed E-state index contributed by atoms with van der Waals surface area (Å²) in [5.74, 6) is 2.61. The number of nitrogens with one attached hydrogen (secondary N) is 2. The third-order valence-electron chi connectivity index (χ3n) is 6.96. The molecule has 0 amide bonds. The van der Waals surface area contributed by atoms with Crippen LogP contribution in [0.1, 0.15) is 35.2 Å². The fourth-order valence-corrected chi connectivity index (χ4v) is 5.35. The van der Waals surface area contributed by atoms with E-state index < -0.39 is 0 Å². The van der Waals surface area contributed by atoms with E-state index >= 15 is 0 Å². The van der Waals surface area contributed by atoms with Gasteiger partial charge in [-0.3, -0.25) is 0 Å². The number of piperidine rings is 1. The molecule has 2 N–H and O–H groups in total. The molecule has 1 aliphatic heterocycles. The molecule has 160 valence electrons. The molecule has 1 saturated heterocycles. The number of aryl methyl sites for hydroxylation is 1. The van der Waals surface area contributed by atoms with Crippen LogP contribution in [0.3, 0.4) is 0 Å². The minimum Gasteiger partial charge on any atom is -0.402 e. The average Bonchev–Trinajstić information content (AvgIpc) is 3.46. The third-order valence-corrected chi connectivity index (χ3v) is 6.96. The van der Waals surface area contributed by atoms with Crippen LogP contribution in [0.25, 0.3) is 11.6 Å². The smallest absolute Gasteiger partial charge is 0.318 e. The number of aromatic nitrogens is 7. The van der Waals surface area contributed by atoms with E-state index in [0.717, 1.165) is 31.6 Å². The van der Waals surface area contributed by atoms with Crippen LogP contribution < -0.4 is 10.2 Å². The lowest BCUT2D eigenvalue weighted by Gasteiger charge is -2.16. The molecule has 0 spiro atoms. The summed E-state index contributed by atoms with van der Waals surface area (Å²) in [4.78, 5) is 11.2. The maximum absolute atomic E-state index is 5.98. The van der Waals surface area contributed by atoms with Crippen LogP contribution >= 0.6 is 0 Å². The number of benzene rings is 1. The van der Waals surface area contributed by atoms with E-state index in [0.29, 0.717) is 41.3 Å². The Balaban J connectivity index is 1.05. The first-order chi connectivity index (χ1) is 15.8. The number of fused-ring (bicyclic) bond motifs is 2. The van der Waals surface area contributed by atoms with Crippen molar-refractivity contribution in [2.45, 2.75) is 24.8 Å². The molecule has 10 nitrogen and oxygen atoms in total. The van der Waals surface area contributed by atoms with E-state index in [4.69, 9.17) is 4.42 Å². The van der Waals surface area contributed by atoms with E-state index in [2.05, 4.69) is 70.1 Å². The van der Waals surface area contributed by atoms with Crippen LogP contribution in [0.15, 0.2) is 47.1 Å². The van der Waals surface area contributed by atoms with Crippen molar-refractivity contribution in [3.8, 4) is 11.6 Å². The summed E-state index contributed by atoms with van der Waals surface area (Å²) in [6.45, 7) is 1.78. The van der Waals surface area contributed by atoms with Crippen molar-refractivity contribution >= 4 is 12.0 Å². The van der Waals surface area contributed by atoms with Crippen molar-refractivity contribution in [2.24, 2.45) is 11.8 Å². The minimum absolute atomic E-state index is 0.216. The van der Waals surface area contributed by atoms with Gasteiger partial charge in [0, 0.05) is 25.2 Å². The molecule has 2 unspecified atom stereocenters. The summed E-state index contributed by atoms with van der Waals surface area (Å²) >= 11 is 0. The molecule has 0 bridgehead atoms. The van der Waals surface area contributed by atoms with Gasteiger partial charge in [0.1, 0.15) is 5.69 Å². The molecule has 3 aliphatic rings. The van der Waals surface area contributed by atoms with Gasteiger partial charge in [-0.1, -0.05) is 29.4 Å². The van der Waals surface area contributed by atoms with Gasteiger partial charge in [0.2, 0.25) is 5.95 Å². The second-order valence-electron chi connectivity index (χ2n) is 8.74. The summed E-state index contributed by atoms with van der Waals surface area (Å²) in [6, 6.07) is 11.1. The van der Waals surface area contributed by atoms with E-state index in [9.17, 15) is 0 Å². The molecule has 0 radical (unpaired) electrons. The second-order valence-corrected chi connectivity index (χ2v) is 8.74. The Morgan fingerprint density at radius 2 is 2.00 bits per heavy atom. The molecule has 4 aromatic rings. The van der Waals surface area contributed by atoms with E-state index in [1.165, 1.54) is 11.1 Å². The second kappa shape index (κ2) is 6.84. The highest BCUT2D eigenvalue weighted by Crippen LogP contribution is 2.58. The lowest BCUT2D eigenvalue weighted by atomic mass is 10.1. The maximum atomic E-state index is 5.98. The SMILES string of the molecule is c1ccc2c(c1)CC[C@H]2Nc1nccc(-c2nnc(N3CC4C(C3)C4c3cn[nH]n3)o2)n1. The van der Waals surface area contributed by atoms with Gasteiger partial charge in [0.15, 0.2) is 0 Å². The van der Waals surface area contributed by atoms with Crippen molar-refractivity contribution in [3.63, 3.8) is 0 Å². The zero-order valence-electron chi connectivity index (χ0n) is 17.2.